The van der Waals surface area contributed by atoms with Crippen molar-refractivity contribution >= 4 is 0 Å². The van der Waals surface area contributed by atoms with Crippen LogP contribution in [0.5, 0.6) is 0 Å². The predicted molar refractivity (Wildman–Crippen MR) is 66.0 cm³/mol. The molecule has 0 spiro atoms. The van der Waals surface area contributed by atoms with Gasteiger partial charge in [-0.15, -0.1) is 0 Å². The first-order valence-electron chi connectivity index (χ1n) is 7.02. The molecule has 0 bridgehead atoms. The predicted octanol–water partition coefficient (Wildman–Crippen LogP) is 0.354. The van der Waals surface area contributed by atoms with E-state index in [9.17, 15) is 5.11 Å². The zero-order valence-electron chi connectivity index (χ0n) is 10.5. The first kappa shape index (κ1) is 11.9. The van der Waals surface area contributed by atoms with Crippen molar-refractivity contribution in [1.29, 1.82) is 0 Å². The fraction of sp³-hybridized carbons (Fsp3) is 1.00. The summed E-state index contributed by atoms with van der Waals surface area (Å²) in [7, 11) is 0. The summed E-state index contributed by atoms with van der Waals surface area (Å²) in [6.07, 6.45) is 6.05. The van der Waals surface area contributed by atoms with Gasteiger partial charge >= 0.3 is 0 Å². The van der Waals surface area contributed by atoms with Crippen LogP contribution in [0, 0.1) is 0 Å². The SMILES string of the molecule is OCC1(NC2CC2)CCC(N2CCOCC2)C1. The first-order chi connectivity index (χ1) is 8.31. The van der Waals surface area contributed by atoms with E-state index in [1.165, 1.54) is 19.3 Å². The Kier molecular flexibility index (Phi) is 3.39. The van der Waals surface area contributed by atoms with Crippen molar-refractivity contribution < 1.29 is 9.84 Å². The number of hydrogen-bond acceptors (Lipinski definition) is 4. The number of ether oxygens (including phenoxy) is 1. The van der Waals surface area contributed by atoms with Gasteiger partial charge in [0.05, 0.1) is 19.8 Å². The van der Waals surface area contributed by atoms with Crippen molar-refractivity contribution in [1.82, 2.24) is 10.2 Å². The molecule has 2 atom stereocenters. The van der Waals surface area contributed by atoms with Gasteiger partial charge in [0.15, 0.2) is 0 Å². The molecule has 1 aliphatic heterocycles. The van der Waals surface area contributed by atoms with E-state index in [-0.39, 0.29) is 5.54 Å². The second-order valence-corrected chi connectivity index (χ2v) is 5.90. The smallest absolute Gasteiger partial charge is 0.0614 e. The minimum atomic E-state index is 0.0180. The van der Waals surface area contributed by atoms with Gasteiger partial charge in [-0.3, -0.25) is 4.90 Å². The Morgan fingerprint density at radius 2 is 2.00 bits per heavy atom. The minimum absolute atomic E-state index is 0.0180. The quantitative estimate of drug-likeness (QED) is 0.744. The van der Waals surface area contributed by atoms with E-state index < -0.39 is 0 Å². The Hall–Kier alpha value is -0.160. The Morgan fingerprint density at radius 3 is 2.65 bits per heavy atom. The van der Waals surface area contributed by atoms with Crippen molar-refractivity contribution in [3.63, 3.8) is 0 Å². The van der Waals surface area contributed by atoms with E-state index in [1.54, 1.807) is 0 Å². The standard InChI is InChI=1S/C13H24N2O2/c16-10-13(14-11-1-2-11)4-3-12(9-13)15-5-7-17-8-6-15/h11-12,14,16H,1-10H2. The molecule has 0 aromatic carbocycles. The average Bonchev–Trinajstić information content (AvgIpc) is 3.08. The summed E-state index contributed by atoms with van der Waals surface area (Å²) in [4.78, 5) is 2.55. The van der Waals surface area contributed by atoms with Gasteiger partial charge in [0.1, 0.15) is 0 Å². The van der Waals surface area contributed by atoms with Crippen molar-refractivity contribution in [2.75, 3.05) is 32.9 Å². The third-order valence-electron chi connectivity index (χ3n) is 4.53. The Labute approximate surface area is 103 Å². The van der Waals surface area contributed by atoms with E-state index in [4.69, 9.17) is 4.74 Å². The summed E-state index contributed by atoms with van der Waals surface area (Å²) in [5, 5.41) is 13.4. The zero-order chi connectivity index (χ0) is 11.7. The summed E-state index contributed by atoms with van der Waals surface area (Å²) in [6, 6.07) is 1.34. The third kappa shape index (κ3) is 2.65. The van der Waals surface area contributed by atoms with Gasteiger partial charge in [0.25, 0.3) is 0 Å². The summed E-state index contributed by atoms with van der Waals surface area (Å²) in [5.41, 5.74) is 0.0180. The summed E-state index contributed by atoms with van der Waals surface area (Å²) in [6.45, 7) is 4.17. The number of aliphatic hydroxyl groups is 1. The maximum absolute atomic E-state index is 9.70. The molecule has 17 heavy (non-hydrogen) atoms. The monoisotopic (exact) mass is 240 g/mol. The van der Waals surface area contributed by atoms with Crippen LogP contribution in [0.2, 0.25) is 0 Å². The molecule has 0 amide bonds. The molecule has 4 nitrogen and oxygen atoms in total. The van der Waals surface area contributed by atoms with Crippen LogP contribution in [0.25, 0.3) is 0 Å². The molecule has 2 aliphatic carbocycles. The van der Waals surface area contributed by atoms with Gasteiger partial charge in [-0.2, -0.15) is 0 Å². The molecule has 1 saturated heterocycles. The highest BCUT2D eigenvalue weighted by atomic mass is 16.5. The summed E-state index contributed by atoms with van der Waals surface area (Å²) < 4.78 is 5.41. The van der Waals surface area contributed by atoms with Crippen LogP contribution in [0.4, 0.5) is 0 Å². The van der Waals surface area contributed by atoms with E-state index in [2.05, 4.69) is 10.2 Å². The molecule has 2 unspecified atom stereocenters. The largest absolute Gasteiger partial charge is 0.394 e. The van der Waals surface area contributed by atoms with E-state index in [1.807, 2.05) is 0 Å². The highest BCUT2D eigenvalue weighted by molar-refractivity contribution is 5.03. The lowest BCUT2D eigenvalue weighted by molar-refractivity contribution is 0.0151. The van der Waals surface area contributed by atoms with Crippen LogP contribution in [0.3, 0.4) is 0 Å². The molecular weight excluding hydrogens is 216 g/mol. The molecule has 2 N–H and O–H groups in total. The highest BCUT2D eigenvalue weighted by Gasteiger charge is 2.43. The molecule has 1 heterocycles. The number of rotatable bonds is 4. The maximum Gasteiger partial charge on any atom is 0.0614 e. The molecular formula is C13H24N2O2. The van der Waals surface area contributed by atoms with Crippen LogP contribution in [0.1, 0.15) is 32.1 Å². The Balaban J connectivity index is 1.58. The lowest BCUT2D eigenvalue weighted by Crippen LogP contribution is -2.50. The van der Waals surface area contributed by atoms with Gasteiger partial charge in [0, 0.05) is 30.7 Å². The van der Waals surface area contributed by atoms with Gasteiger partial charge in [-0.1, -0.05) is 0 Å². The fourth-order valence-electron chi connectivity index (χ4n) is 3.33. The first-order valence-corrected chi connectivity index (χ1v) is 7.02. The zero-order valence-corrected chi connectivity index (χ0v) is 10.5. The van der Waals surface area contributed by atoms with E-state index in [0.29, 0.717) is 18.7 Å². The number of hydrogen-bond donors (Lipinski definition) is 2. The third-order valence-corrected chi connectivity index (χ3v) is 4.53. The number of morpholine rings is 1. The molecule has 98 valence electrons. The lowest BCUT2D eigenvalue weighted by Gasteiger charge is -2.34. The van der Waals surface area contributed by atoms with E-state index in [0.717, 1.165) is 39.1 Å². The molecule has 0 aromatic rings. The number of aliphatic hydroxyl groups excluding tert-OH is 1. The van der Waals surface area contributed by atoms with Crippen LogP contribution < -0.4 is 5.32 Å². The number of nitrogens with one attached hydrogen (secondary N) is 1. The van der Waals surface area contributed by atoms with Gasteiger partial charge in [-0.05, 0) is 32.1 Å². The van der Waals surface area contributed by atoms with Crippen molar-refractivity contribution in [3.8, 4) is 0 Å². The fourth-order valence-corrected chi connectivity index (χ4v) is 3.33. The topological polar surface area (TPSA) is 44.7 Å². The molecule has 3 fully saturated rings. The molecule has 3 rings (SSSR count). The highest BCUT2D eigenvalue weighted by Crippen LogP contribution is 2.36. The van der Waals surface area contributed by atoms with Crippen LogP contribution in [0.15, 0.2) is 0 Å². The van der Waals surface area contributed by atoms with E-state index >= 15 is 0 Å². The second kappa shape index (κ2) is 4.84. The summed E-state index contributed by atoms with van der Waals surface area (Å²) in [5.74, 6) is 0. The number of nitrogens with zero attached hydrogens (tertiary/aromatic N) is 1. The van der Waals surface area contributed by atoms with Crippen molar-refractivity contribution in [2.45, 2.75) is 49.7 Å². The molecule has 2 saturated carbocycles. The molecule has 4 heteroatoms. The maximum atomic E-state index is 9.70. The molecule has 0 aromatic heterocycles. The summed E-state index contributed by atoms with van der Waals surface area (Å²) >= 11 is 0. The van der Waals surface area contributed by atoms with Crippen molar-refractivity contribution in [3.05, 3.63) is 0 Å². The average molecular weight is 240 g/mol. The van der Waals surface area contributed by atoms with Crippen LogP contribution >= 0.6 is 0 Å². The molecule has 0 radical (unpaired) electrons. The van der Waals surface area contributed by atoms with Gasteiger partial charge in [0.2, 0.25) is 0 Å². The lowest BCUT2D eigenvalue weighted by atomic mass is 9.98. The van der Waals surface area contributed by atoms with Gasteiger partial charge < -0.3 is 15.2 Å². The Bertz CT molecular complexity index is 264. The Morgan fingerprint density at radius 1 is 1.24 bits per heavy atom. The van der Waals surface area contributed by atoms with Crippen LogP contribution in [-0.2, 0) is 4.74 Å². The van der Waals surface area contributed by atoms with Crippen LogP contribution in [-0.4, -0.2) is 60.5 Å². The minimum Gasteiger partial charge on any atom is -0.394 e. The van der Waals surface area contributed by atoms with Gasteiger partial charge in [-0.25, -0.2) is 0 Å². The second-order valence-electron chi connectivity index (χ2n) is 5.90. The normalized spacial score (nSPS) is 39.7. The molecule has 3 aliphatic rings. The van der Waals surface area contributed by atoms with Crippen molar-refractivity contribution in [2.24, 2.45) is 0 Å².